The summed E-state index contributed by atoms with van der Waals surface area (Å²) in [4.78, 5) is 0. The Kier molecular flexibility index (Phi) is 6.11. The molecular weight excluding hydrogens is 382 g/mol. The number of fused-ring (bicyclic) bond motifs is 3. The number of aliphatic hydroxyl groups excluding tert-OH is 1. The van der Waals surface area contributed by atoms with E-state index in [4.69, 9.17) is 11.6 Å². The van der Waals surface area contributed by atoms with Crippen LogP contribution in [0.2, 0.25) is 0 Å². The Hall–Kier alpha value is -2.33. The molecule has 4 rings (SSSR count). The van der Waals surface area contributed by atoms with Crippen LogP contribution in [-0.4, -0.2) is 17.0 Å². The minimum absolute atomic E-state index is 0.0216. The zero-order valence-corrected chi connectivity index (χ0v) is 19.0. The van der Waals surface area contributed by atoms with Gasteiger partial charge < -0.3 is 16.7 Å². The maximum atomic E-state index is 11.0. The van der Waals surface area contributed by atoms with Crippen LogP contribution in [0.15, 0.2) is 64.8 Å². The number of amidine groups is 1. The molecule has 3 aliphatic carbocycles. The molecule has 0 aromatic heterocycles. The van der Waals surface area contributed by atoms with Gasteiger partial charge in [0.1, 0.15) is 5.84 Å². The second kappa shape index (κ2) is 8.66. The standard InChI is InChI=1S/C27H37N3O/c1-4-6-17-12-13-21-23-14-15-24(31)27(23,3)16-22(25(21)20(17)7-5-2)18-8-10-19(11-9-18)26(28)30-29/h4,6,8-11,21-24,31H,1,5,7,12-16,29H2,2-3H3,(H2,28,30)/b17-6-. The molecule has 3 aliphatic rings. The fourth-order valence-corrected chi connectivity index (χ4v) is 6.79. The van der Waals surface area contributed by atoms with Crippen LogP contribution in [0.5, 0.6) is 0 Å². The van der Waals surface area contributed by atoms with Gasteiger partial charge in [0, 0.05) is 11.5 Å². The summed E-state index contributed by atoms with van der Waals surface area (Å²) in [6.07, 6.45) is 11.6. The molecule has 0 bridgehead atoms. The summed E-state index contributed by atoms with van der Waals surface area (Å²) < 4.78 is 0. The van der Waals surface area contributed by atoms with Gasteiger partial charge in [-0.2, -0.15) is 5.10 Å². The number of allylic oxidation sites excluding steroid dienone is 5. The van der Waals surface area contributed by atoms with Crippen molar-refractivity contribution < 1.29 is 5.11 Å². The molecule has 1 aromatic rings. The lowest BCUT2D eigenvalue weighted by atomic mass is 9.53. The number of nitrogens with two attached hydrogens (primary N) is 2. The molecule has 31 heavy (non-hydrogen) atoms. The van der Waals surface area contributed by atoms with Crippen LogP contribution in [0.1, 0.15) is 75.8 Å². The van der Waals surface area contributed by atoms with E-state index < -0.39 is 0 Å². The van der Waals surface area contributed by atoms with E-state index >= 15 is 0 Å². The van der Waals surface area contributed by atoms with E-state index in [-0.39, 0.29) is 11.5 Å². The van der Waals surface area contributed by atoms with Crippen molar-refractivity contribution in [1.29, 1.82) is 0 Å². The topological polar surface area (TPSA) is 84.6 Å². The van der Waals surface area contributed by atoms with E-state index in [1.807, 2.05) is 18.2 Å². The molecule has 2 fully saturated rings. The first-order valence-electron chi connectivity index (χ1n) is 11.8. The number of rotatable bonds is 5. The lowest BCUT2D eigenvalue weighted by Gasteiger charge is -2.51. The highest BCUT2D eigenvalue weighted by molar-refractivity contribution is 5.97. The average Bonchev–Trinajstić information content (AvgIpc) is 3.08. The van der Waals surface area contributed by atoms with Gasteiger partial charge in [-0.3, -0.25) is 0 Å². The minimum Gasteiger partial charge on any atom is -0.393 e. The maximum Gasteiger partial charge on any atom is 0.150 e. The third-order valence-corrected chi connectivity index (χ3v) is 8.29. The molecule has 0 amide bonds. The first-order chi connectivity index (χ1) is 14.9. The summed E-state index contributed by atoms with van der Waals surface area (Å²) in [5, 5.41) is 14.6. The van der Waals surface area contributed by atoms with Crippen molar-refractivity contribution in [2.75, 3.05) is 0 Å². The number of nitrogens with zero attached hydrogens (tertiary/aromatic N) is 1. The van der Waals surface area contributed by atoms with Crippen molar-refractivity contribution in [1.82, 2.24) is 0 Å². The summed E-state index contributed by atoms with van der Waals surface area (Å²) in [6.45, 7) is 8.58. The summed E-state index contributed by atoms with van der Waals surface area (Å²) >= 11 is 0. The Morgan fingerprint density at radius 2 is 2.00 bits per heavy atom. The van der Waals surface area contributed by atoms with Crippen LogP contribution in [0.4, 0.5) is 0 Å². The highest BCUT2D eigenvalue weighted by Crippen LogP contribution is 2.63. The number of benzene rings is 1. The Balaban J connectivity index is 1.86. The summed E-state index contributed by atoms with van der Waals surface area (Å²) in [5.41, 5.74) is 12.7. The average molecular weight is 420 g/mol. The second-order valence-electron chi connectivity index (χ2n) is 9.86. The van der Waals surface area contributed by atoms with Crippen molar-refractivity contribution in [3.8, 4) is 0 Å². The Bertz CT molecular complexity index is 926. The summed E-state index contributed by atoms with van der Waals surface area (Å²) in [5.74, 6) is 7.17. The molecule has 0 saturated heterocycles. The quantitative estimate of drug-likeness (QED) is 0.267. The van der Waals surface area contributed by atoms with E-state index in [2.05, 4.69) is 43.7 Å². The second-order valence-corrected chi connectivity index (χ2v) is 9.86. The largest absolute Gasteiger partial charge is 0.393 e. The molecule has 4 heteroatoms. The van der Waals surface area contributed by atoms with Crippen LogP contribution in [0.3, 0.4) is 0 Å². The smallest absolute Gasteiger partial charge is 0.150 e. The molecule has 0 radical (unpaired) electrons. The SMILES string of the molecule is C=C/C=C1/CCC2C(=C1CCC)C(c1ccc(/C(N)=N/N)cc1)CC1(C)C(O)CCC21. The van der Waals surface area contributed by atoms with Crippen LogP contribution in [-0.2, 0) is 0 Å². The van der Waals surface area contributed by atoms with E-state index in [0.717, 1.165) is 44.1 Å². The van der Waals surface area contributed by atoms with Gasteiger partial charge in [0.15, 0.2) is 0 Å². The summed E-state index contributed by atoms with van der Waals surface area (Å²) in [6, 6.07) is 8.42. The Labute approximate surface area is 186 Å². The van der Waals surface area contributed by atoms with Gasteiger partial charge in [0.25, 0.3) is 0 Å². The highest BCUT2D eigenvalue weighted by atomic mass is 16.3. The molecule has 5 unspecified atom stereocenters. The normalized spacial score (nSPS) is 34.5. The van der Waals surface area contributed by atoms with Crippen molar-refractivity contribution in [2.45, 2.75) is 70.8 Å². The minimum atomic E-state index is -0.208. The monoisotopic (exact) mass is 419 g/mol. The van der Waals surface area contributed by atoms with Crippen molar-refractivity contribution >= 4 is 5.84 Å². The number of hydrazone groups is 1. The van der Waals surface area contributed by atoms with Crippen molar-refractivity contribution in [3.05, 3.63) is 70.8 Å². The molecule has 0 spiro atoms. The van der Waals surface area contributed by atoms with Gasteiger partial charge >= 0.3 is 0 Å². The zero-order valence-electron chi connectivity index (χ0n) is 19.0. The molecule has 166 valence electrons. The molecule has 1 aromatic carbocycles. The van der Waals surface area contributed by atoms with E-state index in [0.29, 0.717) is 23.6 Å². The lowest BCUT2D eigenvalue weighted by Crippen LogP contribution is -2.44. The Morgan fingerprint density at radius 1 is 1.26 bits per heavy atom. The predicted molar refractivity (Wildman–Crippen MR) is 128 cm³/mol. The summed E-state index contributed by atoms with van der Waals surface area (Å²) in [7, 11) is 0. The fourth-order valence-electron chi connectivity index (χ4n) is 6.79. The Morgan fingerprint density at radius 3 is 2.65 bits per heavy atom. The van der Waals surface area contributed by atoms with Crippen LogP contribution in [0.25, 0.3) is 0 Å². The zero-order chi connectivity index (χ0) is 22.2. The van der Waals surface area contributed by atoms with Gasteiger partial charge in [-0.05, 0) is 72.5 Å². The predicted octanol–water partition coefficient (Wildman–Crippen LogP) is 5.15. The number of hydrogen-bond acceptors (Lipinski definition) is 3. The van der Waals surface area contributed by atoms with Gasteiger partial charge in [-0.15, -0.1) is 0 Å². The fraction of sp³-hybridized carbons (Fsp3) is 0.519. The number of hydrogen-bond donors (Lipinski definition) is 3. The first kappa shape index (κ1) is 21.9. The van der Waals surface area contributed by atoms with Crippen molar-refractivity contribution in [2.24, 2.45) is 33.9 Å². The van der Waals surface area contributed by atoms with Crippen LogP contribution >= 0.6 is 0 Å². The molecule has 2 saturated carbocycles. The van der Waals surface area contributed by atoms with E-state index in [9.17, 15) is 5.11 Å². The van der Waals surface area contributed by atoms with Crippen LogP contribution in [0, 0.1) is 17.3 Å². The molecule has 5 N–H and O–H groups in total. The molecule has 0 heterocycles. The third kappa shape index (κ3) is 3.65. The van der Waals surface area contributed by atoms with Gasteiger partial charge in [0.05, 0.1) is 6.10 Å². The third-order valence-electron chi connectivity index (χ3n) is 8.29. The first-order valence-corrected chi connectivity index (χ1v) is 11.8. The maximum absolute atomic E-state index is 11.0. The van der Waals surface area contributed by atoms with Gasteiger partial charge in [0.2, 0.25) is 0 Å². The molecule has 4 nitrogen and oxygen atoms in total. The molecule has 0 aliphatic heterocycles. The highest BCUT2D eigenvalue weighted by Gasteiger charge is 2.56. The lowest BCUT2D eigenvalue weighted by molar-refractivity contribution is -0.00293. The van der Waals surface area contributed by atoms with E-state index in [1.54, 1.807) is 11.1 Å². The molecular formula is C27H37N3O. The molecule has 5 atom stereocenters. The number of aliphatic hydroxyl groups is 1. The van der Waals surface area contributed by atoms with Crippen LogP contribution < -0.4 is 11.6 Å². The van der Waals surface area contributed by atoms with Gasteiger partial charge in [-0.25, -0.2) is 0 Å². The van der Waals surface area contributed by atoms with Gasteiger partial charge in [-0.1, -0.05) is 68.8 Å². The van der Waals surface area contributed by atoms with Crippen molar-refractivity contribution in [3.63, 3.8) is 0 Å². The van der Waals surface area contributed by atoms with E-state index in [1.165, 1.54) is 17.6 Å².